The third kappa shape index (κ3) is 4.87. The first kappa shape index (κ1) is 21.6. The lowest BCUT2D eigenvalue weighted by Gasteiger charge is -2.24. The number of aryl methyl sites for hydroxylation is 2. The van der Waals surface area contributed by atoms with Crippen LogP contribution in [0.4, 0.5) is 5.82 Å². The van der Waals surface area contributed by atoms with Gasteiger partial charge in [-0.1, -0.05) is 68.5 Å². The van der Waals surface area contributed by atoms with E-state index in [0.717, 1.165) is 41.9 Å². The second kappa shape index (κ2) is 9.69. The zero-order valence-electron chi connectivity index (χ0n) is 18.2. The Morgan fingerprint density at radius 1 is 0.969 bits per heavy atom. The first-order valence-electron chi connectivity index (χ1n) is 11.7. The third-order valence-electron chi connectivity index (χ3n) is 6.69. The molecule has 5 heteroatoms. The minimum Gasteiger partial charge on any atom is -0.309 e. The Labute approximate surface area is 203 Å². The average molecular weight is 537 g/mol. The van der Waals surface area contributed by atoms with Crippen molar-refractivity contribution < 1.29 is 4.79 Å². The molecule has 2 aliphatic carbocycles. The van der Waals surface area contributed by atoms with E-state index >= 15 is 0 Å². The van der Waals surface area contributed by atoms with Crippen molar-refractivity contribution in [2.24, 2.45) is 5.92 Å². The third-order valence-corrected chi connectivity index (χ3v) is 7.41. The zero-order valence-corrected chi connectivity index (χ0v) is 20.4. The maximum absolute atomic E-state index is 12.9. The van der Waals surface area contributed by atoms with Crippen molar-refractivity contribution in [1.29, 1.82) is 0 Å². The van der Waals surface area contributed by atoms with Crippen molar-refractivity contribution in [2.45, 2.75) is 57.8 Å². The molecule has 0 spiro atoms. The minimum atomic E-state index is -0.0263. The highest BCUT2D eigenvalue weighted by molar-refractivity contribution is 14.1. The van der Waals surface area contributed by atoms with Crippen LogP contribution in [0.3, 0.4) is 0 Å². The van der Waals surface area contributed by atoms with Crippen molar-refractivity contribution in [1.82, 2.24) is 9.97 Å². The van der Waals surface area contributed by atoms with Crippen LogP contribution in [0.1, 0.15) is 54.6 Å². The molecule has 3 aromatic rings. The molecule has 1 fully saturated rings. The highest BCUT2D eigenvalue weighted by Crippen LogP contribution is 2.34. The Morgan fingerprint density at radius 3 is 2.56 bits per heavy atom. The molecule has 1 saturated carbocycles. The number of carbonyl (C=O) groups is 1. The summed E-state index contributed by atoms with van der Waals surface area (Å²) >= 11 is 2.28. The normalized spacial score (nSPS) is 15.7. The number of aromatic nitrogens is 2. The van der Waals surface area contributed by atoms with Gasteiger partial charge in [0.05, 0.1) is 23.5 Å². The van der Waals surface area contributed by atoms with Gasteiger partial charge in [0.15, 0.2) is 5.82 Å². The maximum Gasteiger partial charge on any atom is 0.229 e. The summed E-state index contributed by atoms with van der Waals surface area (Å²) in [6.07, 6.45) is 9.47. The number of hydrogen-bond acceptors (Lipinski definition) is 3. The Balaban J connectivity index is 1.45. The van der Waals surface area contributed by atoms with Gasteiger partial charge in [0.1, 0.15) is 0 Å². The van der Waals surface area contributed by atoms with Crippen LogP contribution in [-0.2, 0) is 30.5 Å². The van der Waals surface area contributed by atoms with Crippen molar-refractivity contribution in [3.8, 4) is 11.3 Å². The molecule has 2 aliphatic rings. The number of halogens is 1. The first-order chi connectivity index (χ1) is 15.7. The molecule has 1 N–H and O–H groups in total. The molecule has 5 rings (SSSR count). The van der Waals surface area contributed by atoms with E-state index in [1.807, 2.05) is 24.3 Å². The fourth-order valence-electron chi connectivity index (χ4n) is 4.99. The van der Waals surface area contributed by atoms with Gasteiger partial charge in [-0.05, 0) is 71.0 Å². The molecule has 164 valence electrons. The van der Waals surface area contributed by atoms with Crippen LogP contribution < -0.4 is 5.32 Å². The van der Waals surface area contributed by atoms with Gasteiger partial charge >= 0.3 is 0 Å². The Morgan fingerprint density at radius 2 is 1.75 bits per heavy atom. The largest absolute Gasteiger partial charge is 0.309 e. The van der Waals surface area contributed by atoms with E-state index in [4.69, 9.17) is 9.97 Å². The molecule has 0 unspecified atom stereocenters. The van der Waals surface area contributed by atoms with Gasteiger partial charge in [0, 0.05) is 9.13 Å². The Bertz CT molecular complexity index is 1120. The van der Waals surface area contributed by atoms with Gasteiger partial charge in [-0.25, -0.2) is 9.97 Å². The van der Waals surface area contributed by atoms with Gasteiger partial charge in [-0.3, -0.25) is 4.79 Å². The summed E-state index contributed by atoms with van der Waals surface area (Å²) < 4.78 is 1.17. The van der Waals surface area contributed by atoms with Crippen molar-refractivity contribution in [3.05, 3.63) is 74.6 Å². The molecule has 1 amide bonds. The molecule has 0 atom stereocenters. The molecule has 2 aromatic carbocycles. The topological polar surface area (TPSA) is 54.9 Å². The maximum atomic E-state index is 12.9. The fraction of sp³-hybridized carbons (Fsp3) is 0.370. The highest BCUT2D eigenvalue weighted by Gasteiger charge is 2.24. The zero-order chi connectivity index (χ0) is 21.9. The van der Waals surface area contributed by atoms with Crippen molar-refractivity contribution in [3.63, 3.8) is 0 Å². The predicted molar refractivity (Wildman–Crippen MR) is 137 cm³/mol. The number of nitrogens with one attached hydrogen (secondary N) is 1. The lowest BCUT2D eigenvalue weighted by atomic mass is 9.85. The van der Waals surface area contributed by atoms with Crippen LogP contribution in [0.25, 0.3) is 11.3 Å². The standard InChI is InChI=1S/C27H28IN3O/c28-21-13-10-19(11-14-21)17-25(32)31-27-24(16-18-6-2-1-3-7-18)29-26-22-9-5-4-8-20(22)12-15-23(26)30-27/h4-5,8-11,13-14,18H,1-3,6-7,12,15-17H2,(H,30,31,32). The number of amides is 1. The van der Waals surface area contributed by atoms with Crippen LogP contribution in [0.2, 0.25) is 0 Å². The van der Waals surface area contributed by atoms with Crippen LogP contribution >= 0.6 is 22.6 Å². The molecule has 0 bridgehead atoms. The number of nitrogens with zero attached hydrogens (tertiary/aromatic N) is 2. The van der Waals surface area contributed by atoms with E-state index in [2.05, 4.69) is 52.2 Å². The monoisotopic (exact) mass is 537 g/mol. The molecule has 0 aliphatic heterocycles. The summed E-state index contributed by atoms with van der Waals surface area (Å²) in [5.41, 5.74) is 6.50. The quantitative estimate of drug-likeness (QED) is 0.398. The molecule has 1 heterocycles. The van der Waals surface area contributed by atoms with Crippen molar-refractivity contribution >= 4 is 34.3 Å². The van der Waals surface area contributed by atoms with Crippen LogP contribution in [0.5, 0.6) is 0 Å². The summed E-state index contributed by atoms with van der Waals surface area (Å²) in [7, 11) is 0. The molecule has 0 saturated heterocycles. The number of fused-ring (bicyclic) bond motifs is 3. The van der Waals surface area contributed by atoms with E-state index < -0.39 is 0 Å². The molecule has 1 aromatic heterocycles. The molecule has 0 radical (unpaired) electrons. The Kier molecular flexibility index (Phi) is 6.53. The fourth-order valence-corrected chi connectivity index (χ4v) is 5.35. The van der Waals surface area contributed by atoms with Gasteiger partial charge in [0.2, 0.25) is 5.91 Å². The number of benzene rings is 2. The van der Waals surface area contributed by atoms with Gasteiger partial charge in [-0.2, -0.15) is 0 Å². The average Bonchev–Trinajstić information content (AvgIpc) is 2.81. The van der Waals surface area contributed by atoms with Crippen molar-refractivity contribution in [2.75, 3.05) is 5.32 Å². The minimum absolute atomic E-state index is 0.0263. The summed E-state index contributed by atoms with van der Waals surface area (Å²) in [6.45, 7) is 0. The lowest BCUT2D eigenvalue weighted by Crippen LogP contribution is -2.21. The lowest BCUT2D eigenvalue weighted by molar-refractivity contribution is -0.115. The number of hydrogen-bond donors (Lipinski definition) is 1. The smallest absolute Gasteiger partial charge is 0.229 e. The highest BCUT2D eigenvalue weighted by atomic mass is 127. The van der Waals surface area contributed by atoms with E-state index in [1.54, 1.807) is 0 Å². The predicted octanol–water partition coefficient (Wildman–Crippen LogP) is 6.15. The number of anilines is 1. The van der Waals surface area contributed by atoms with Crippen LogP contribution in [0, 0.1) is 9.49 Å². The second-order valence-corrected chi connectivity index (χ2v) is 10.3. The van der Waals surface area contributed by atoms with Gasteiger partial charge in [-0.15, -0.1) is 0 Å². The number of rotatable bonds is 5. The van der Waals surface area contributed by atoms with E-state index in [0.29, 0.717) is 18.2 Å². The second-order valence-electron chi connectivity index (χ2n) is 9.03. The summed E-state index contributed by atoms with van der Waals surface area (Å²) in [6, 6.07) is 16.6. The number of carbonyl (C=O) groups excluding carboxylic acids is 1. The molecule has 4 nitrogen and oxygen atoms in total. The summed E-state index contributed by atoms with van der Waals surface area (Å²) in [5.74, 6) is 1.27. The molecular formula is C27H28IN3O. The SMILES string of the molecule is O=C(Cc1ccc(I)cc1)Nc1nc2c(nc1CC1CCCCC1)-c1ccccc1CC2. The van der Waals surface area contributed by atoms with Gasteiger partial charge < -0.3 is 5.32 Å². The van der Waals surface area contributed by atoms with E-state index in [9.17, 15) is 4.79 Å². The Hall–Kier alpha value is -2.28. The summed E-state index contributed by atoms with van der Waals surface area (Å²) in [5, 5.41) is 3.12. The molecular weight excluding hydrogens is 509 g/mol. The van der Waals surface area contributed by atoms with E-state index in [1.165, 1.54) is 46.8 Å². The molecule has 32 heavy (non-hydrogen) atoms. The van der Waals surface area contributed by atoms with Crippen LogP contribution in [-0.4, -0.2) is 15.9 Å². The first-order valence-corrected chi connectivity index (χ1v) is 12.8. The summed E-state index contributed by atoms with van der Waals surface area (Å²) in [4.78, 5) is 23.0. The van der Waals surface area contributed by atoms with Gasteiger partial charge in [0.25, 0.3) is 0 Å². The van der Waals surface area contributed by atoms with E-state index in [-0.39, 0.29) is 5.91 Å². The van der Waals surface area contributed by atoms with Crippen LogP contribution in [0.15, 0.2) is 48.5 Å².